The van der Waals surface area contributed by atoms with E-state index in [0.717, 1.165) is 49.7 Å². The second-order valence-electron chi connectivity index (χ2n) is 6.88. The molecule has 0 aliphatic carbocycles. The van der Waals surface area contributed by atoms with Crippen LogP contribution >= 0.6 is 0 Å². The summed E-state index contributed by atoms with van der Waals surface area (Å²) >= 11 is 0. The fourth-order valence-electron chi connectivity index (χ4n) is 3.56. The van der Waals surface area contributed by atoms with Gasteiger partial charge in [-0.05, 0) is 43.8 Å². The van der Waals surface area contributed by atoms with Crippen LogP contribution in [0.25, 0.3) is 5.70 Å². The first-order valence-electron chi connectivity index (χ1n) is 8.60. The number of ether oxygens (including phenoxy) is 1. The number of allylic oxidation sites excluding steroid dienone is 1. The summed E-state index contributed by atoms with van der Waals surface area (Å²) in [6, 6.07) is 6.77. The van der Waals surface area contributed by atoms with E-state index >= 15 is 0 Å². The van der Waals surface area contributed by atoms with Gasteiger partial charge in [0.15, 0.2) is 5.84 Å². The SMILES string of the molecule is CN(C)Cc1cc(C2=CC3=CCC=NC3=N2)ccc1C1CCOC1. The molecule has 0 N–H and O–H groups in total. The van der Waals surface area contributed by atoms with Crippen molar-refractivity contribution in [2.75, 3.05) is 27.3 Å². The molecular formula is C20H23N3O. The third-order valence-electron chi connectivity index (χ3n) is 4.73. The van der Waals surface area contributed by atoms with Crippen LogP contribution in [0.1, 0.15) is 35.4 Å². The minimum absolute atomic E-state index is 0.521. The lowest BCUT2D eigenvalue weighted by Gasteiger charge is -2.19. The lowest BCUT2D eigenvalue weighted by atomic mass is 9.91. The molecule has 1 unspecified atom stereocenters. The number of hydrogen-bond donors (Lipinski definition) is 0. The quantitative estimate of drug-likeness (QED) is 0.852. The molecule has 3 aliphatic rings. The lowest BCUT2D eigenvalue weighted by Crippen LogP contribution is -2.14. The molecular weight excluding hydrogens is 298 g/mol. The fourth-order valence-corrected chi connectivity index (χ4v) is 3.56. The zero-order valence-corrected chi connectivity index (χ0v) is 14.3. The van der Waals surface area contributed by atoms with Crippen molar-refractivity contribution in [1.82, 2.24) is 4.90 Å². The lowest BCUT2D eigenvalue weighted by molar-refractivity contribution is 0.193. The highest BCUT2D eigenvalue weighted by Gasteiger charge is 2.22. The standard InChI is InChI=1S/C20H23N3O/c1-23(2)12-17-10-14(5-6-18(17)16-7-9-24-13-16)19-11-15-4-3-8-21-20(15)22-19/h4-6,8,10-11,16H,3,7,9,12-13H2,1-2H3. The molecule has 0 saturated carbocycles. The van der Waals surface area contributed by atoms with Crippen LogP contribution in [0.4, 0.5) is 0 Å². The van der Waals surface area contributed by atoms with Gasteiger partial charge in [0, 0.05) is 42.8 Å². The molecule has 4 nitrogen and oxygen atoms in total. The Kier molecular flexibility index (Phi) is 4.17. The van der Waals surface area contributed by atoms with Gasteiger partial charge in [0.1, 0.15) is 0 Å². The van der Waals surface area contributed by atoms with Crippen molar-refractivity contribution in [1.29, 1.82) is 0 Å². The molecule has 24 heavy (non-hydrogen) atoms. The second-order valence-corrected chi connectivity index (χ2v) is 6.88. The third kappa shape index (κ3) is 2.99. The van der Waals surface area contributed by atoms with E-state index in [4.69, 9.17) is 9.73 Å². The van der Waals surface area contributed by atoms with Gasteiger partial charge in [-0.3, -0.25) is 0 Å². The number of rotatable bonds is 4. The van der Waals surface area contributed by atoms with E-state index in [9.17, 15) is 0 Å². The van der Waals surface area contributed by atoms with Crippen molar-refractivity contribution in [2.45, 2.75) is 25.3 Å². The molecule has 1 aromatic rings. The zero-order valence-electron chi connectivity index (χ0n) is 14.3. The summed E-state index contributed by atoms with van der Waals surface area (Å²) in [7, 11) is 4.23. The number of hydrogen-bond acceptors (Lipinski definition) is 4. The van der Waals surface area contributed by atoms with E-state index < -0.39 is 0 Å². The van der Waals surface area contributed by atoms with Gasteiger partial charge in [-0.25, -0.2) is 9.98 Å². The first kappa shape index (κ1) is 15.5. The summed E-state index contributed by atoms with van der Waals surface area (Å²) in [6.45, 7) is 2.65. The van der Waals surface area contributed by atoms with E-state index in [1.807, 2.05) is 6.21 Å². The van der Waals surface area contributed by atoms with Gasteiger partial charge in [0.25, 0.3) is 0 Å². The van der Waals surface area contributed by atoms with E-state index in [0.29, 0.717) is 5.92 Å². The Hall–Kier alpha value is -2.04. The summed E-state index contributed by atoms with van der Waals surface area (Å²) < 4.78 is 5.60. The molecule has 0 aromatic heterocycles. The highest BCUT2D eigenvalue weighted by atomic mass is 16.5. The van der Waals surface area contributed by atoms with Crippen molar-refractivity contribution >= 4 is 17.7 Å². The molecule has 0 amide bonds. The van der Waals surface area contributed by atoms with Crippen LogP contribution in [0, 0.1) is 0 Å². The van der Waals surface area contributed by atoms with Crippen molar-refractivity contribution in [3.8, 4) is 0 Å². The van der Waals surface area contributed by atoms with E-state index in [2.05, 4.69) is 54.3 Å². The first-order valence-corrected chi connectivity index (χ1v) is 8.60. The fraction of sp³-hybridized carbons (Fsp3) is 0.400. The summed E-state index contributed by atoms with van der Waals surface area (Å²) in [5.41, 5.74) is 6.14. The molecule has 1 aromatic carbocycles. The Morgan fingerprint density at radius 2 is 2.21 bits per heavy atom. The molecule has 0 bridgehead atoms. The van der Waals surface area contributed by atoms with Gasteiger partial charge in [0.05, 0.1) is 12.3 Å². The summed E-state index contributed by atoms with van der Waals surface area (Å²) in [5.74, 6) is 1.37. The van der Waals surface area contributed by atoms with E-state index in [1.165, 1.54) is 16.7 Å². The number of amidine groups is 1. The maximum Gasteiger partial charge on any atom is 0.159 e. The maximum atomic E-state index is 5.60. The number of fused-ring (bicyclic) bond motifs is 1. The van der Waals surface area contributed by atoms with Gasteiger partial charge in [-0.1, -0.05) is 18.2 Å². The van der Waals surface area contributed by atoms with Gasteiger partial charge in [0.2, 0.25) is 0 Å². The normalized spacial score (nSPS) is 22.5. The van der Waals surface area contributed by atoms with Gasteiger partial charge >= 0.3 is 0 Å². The van der Waals surface area contributed by atoms with E-state index in [1.54, 1.807) is 0 Å². The second kappa shape index (κ2) is 6.46. The highest BCUT2D eigenvalue weighted by molar-refractivity contribution is 6.13. The Morgan fingerprint density at radius 3 is 2.96 bits per heavy atom. The average Bonchev–Trinajstić information content (AvgIpc) is 3.23. The predicted octanol–water partition coefficient (Wildman–Crippen LogP) is 3.41. The van der Waals surface area contributed by atoms with E-state index in [-0.39, 0.29) is 0 Å². The zero-order chi connectivity index (χ0) is 16.5. The molecule has 3 aliphatic heterocycles. The molecule has 0 radical (unpaired) electrons. The molecule has 1 saturated heterocycles. The third-order valence-corrected chi connectivity index (χ3v) is 4.73. The number of aliphatic imine (C=N–C) groups is 2. The number of dihydropyridines is 1. The van der Waals surface area contributed by atoms with Gasteiger partial charge in [-0.2, -0.15) is 0 Å². The van der Waals surface area contributed by atoms with Crippen LogP contribution in [-0.2, 0) is 11.3 Å². The van der Waals surface area contributed by atoms with Crippen molar-refractivity contribution in [2.24, 2.45) is 9.98 Å². The van der Waals surface area contributed by atoms with Crippen molar-refractivity contribution < 1.29 is 4.74 Å². The van der Waals surface area contributed by atoms with Crippen LogP contribution in [0.3, 0.4) is 0 Å². The largest absolute Gasteiger partial charge is 0.381 e. The first-order chi connectivity index (χ1) is 11.7. The van der Waals surface area contributed by atoms with Crippen LogP contribution in [-0.4, -0.2) is 44.3 Å². The minimum atomic E-state index is 0.521. The Bertz CT molecular complexity index is 765. The van der Waals surface area contributed by atoms with Crippen molar-refractivity contribution in [3.63, 3.8) is 0 Å². The number of benzene rings is 1. The predicted molar refractivity (Wildman–Crippen MR) is 98.6 cm³/mol. The molecule has 0 spiro atoms. The smallest absolute Gasteiger partial charge is 0.159 e. The molecule has 4 heteroatoms. The molecule has 3 heterocycles. The van der Waals surface area contributed by atoms with Crippen LogP contribution in [0.15, 0.2) is 45.9 Å². The van der Waals surface area contributed by atoms with Crippen LogP contribution in [0.5, 0.6) is 0 Å². The summed E-state index contributed by atoms with van der Waals surface area (Å²) in [4.78, 5) is 11.3. The van der Waals surface area contributed by atoms with Gasteiger partial charge < -0.3 is 9.64 Å². The van der Waals surface area contributed by atoms with Gasteiger partial charge in [-0.15, -0.1) is 0 Å². The summed E-state index contributed by atoms with van der Waals surface area (Å²) in [6.07, 6.45) is 8.26. The molecule has 124 valence electrons. The maximum absolute atomic E-state index is 5.60. The van der Waals surface area contributed by atoms with Crippen LogP contribution in [0.2, 0.25) is 0 Å². The Morgan fingerprint density at radius 1 is 1.29 bits per heavy atom. The minimum Gasteiger partial charge on any atom is -0.381 e. The van der Waals surface area contributed by atoms with Crippen LogP contribution < -0.4 is 0 Å². The Labute approximate surface area is 143 Å². The highest BCUT2D eigenvalue weighted by Crippen LogP contribution is 2.33. The average molecular weight is 321 g/mol. The number of nitrogens with zero attached hydrogens (tertiary/aromatic N) is 3. The molecule has 1 fully saturated rings. The molecule has 1 atom stereocenters. The molecule has 4 rings (SSSR count). The Balaban J connectivity index is 1.70. The summed E-state index contributed by atoms with van der Waals surface area (Å²) in [5, 5.41) is 0. The van der Waals surface area contributed by atoms with Crippen molar-refractivity contribution in [3.05, 3.63) is 52.6 Å². The monoisotopic (exact) mass is 321 g/mol. The topological polar surface area (TPSA) is 37.2 Å².